The molecule has 1 fully saturated rings. The average Bonchev–Trinajstić information content (AvgIpc) is 2.90. The maximum Gasteiger partial charge on any atom is 0.140 e. The third-order valence-corrected chi connectivity index (χ3v) is 2.78. The zero-order valence-electron chi connectivity index (χ0n) is 9.85. The number of rotatable bonds is 5. The third kappa shape index (κ3) is 3.32. The summed E-state index contributed by atoms with van der Waals surface area (Å²) in [6, 6.07) is 7.83. The van der Waals surface area contributed by atoms with E-state index in [1.165, 1.54) is 0 Å². The molecule has 0 unspecified atom stereocenters. The fourth-order valence-corrected chi connectivity index (χ4v) is 1.75. The van der Waals surface area contributed by atoms with Crippen LogP contribution >= 0.6 is 0 Å². The van der Waals surface area contributed by atoms with Crippen molar-refractivity contribution in [3.63, 3.8) is 0 Å². The number of aryl methyl sites for hydroxylation is 1. The highest BCUT2D eigenvalue weighted by atomic mass is 16.5. The number of methoxy groups -OCH3 is 1. The Balaban J connectivity index is 1.82. The highest BCUT2D eigenvalue weighted by Crippen LogP contribution is 2.25. The normalized spacial score (nSPS) is 16.1. The quantitative estimate of drug-likeness (QED) is 0.773. The number of hydrogen-bond acceptors (Lipinski definition) is 2. The van der Waals surface area contributed by atoms with Gasteiger partial charge >= 0.3 is 0 Å². The van der Waals surface area contributed by atoms with Crippen LogP contribution in [0.3, 0.4) is 0 Å². The molecule has 0 aromatic heterocycles. The van der Waals surface area contributed by atoms with Gasteiger partial charge in [-0.15, -0.1) is 0 Å². The predicted octanol–water partition coefficient (Wildman–Crippen LogP) is 2.60. The van der Waals surface area contributed by atoms with E-state index >= 15 is 0 Å². The molecule has 1 aliphatic rings. The van der Waals surface area contributed by atoms with E-state index in [0.29, 0.717) is 6.42 Å². The molecule has 0 spiro atoms. The van der Waals surface area contributed by atoms with Gasteiger partial charge in [0.2, 0.25) is 0 Å². The van der Waals surface area contributed by atoms with Crippen molar-refractivity contribution in [1.29, 1.82) is 0 Å². The number of benzene rings is 1. The molecular weight excluding hydrogens is 212 g/mol. The van der Waals surface area contributed by atoms with Gasteiger partial charge in [0.25, 0.3) is 0 Å². The minimum atomic E-state index is 0.200. The standard InChI is InChI=1S/C15H15O2/c1-17-14-9-6-12(7-10-14)8-11-15(16)13-4-2-3-5-13/h2-7,9-10H,8,11H2,1H3. The molecule has 0 bridgehead atoms. The number of hydrogen-bond donors (Lipinski definition) is 0. The zero-order chi connectivity index (χ0) is 12.1. The Morgan fingerprint density at radius 2 is 1.76 bits per heavy atom. The van der Waals surface area contributed by atoms with Gasteiger partial charge in [-0.1, -0.05) is 12.1 Å². The first-order valence-electron chi connectivity index (χ1n) is 5.67. The van der Waals surface area contributed by atoms with Gasteiger partial charge in [-0.25, -0.2) is 0 Å². The van der Waals surface area contributed by atoms with Crippen molar-refractivity contribution in [3.8, 4) is 5.75 Å². The maximum atomic E-state index is 11.8. The first-order valence-corrected chi connectivity index (χ1v) is 5.67. The van der Waals surface area contributed by atoms with Gasteiger partial charge in [-0.2, -0.15) is 0 Å². The minimum Gasteiger partial charge on any atom is -0.497 e. The molecule has 0 saturated heterocycles. The molecule has 2 heteroatoms. The summed E-state index contributed by atoms with van der Waals surface area (Å²) in [6.07, 6.45) is 8.82. The van der Waals surface area contributed by atoms with Gasteiger partial charge in [0.15, 0.2) is 0 Å². The highest BCUT2D eigenvalue weighted by Gasteiger charge is 2.23. The molecule has 2 rings (SSSR count). The Morgan fingerprint density at radius 1 is 1.12 bits per heavy atom. The number of carbonyl (C=O) groups is 1. The molecule has 5 radical (unpaired) electrons. The molecule has 0 heterocycles. The second-order valence-corrected chi connectivity index (χ2v) is 3.94. The van der Waals surface area contributed by atoms with E-state index in [4.69, 9.17) is 4.74 Å². The lowest BCUT2D eigenvalue weighted by Crippen LogP contribution is -2.10. The van der Waals surface area contributed by atoms with Crippen molar-refractivity contribution in [1.82, 2.24) is 0 Å². The van der Waals surface area contributed by atoms with Crippen LogP contribution in [-0.4, -0.2) is 12.9 Å². The summed E-state index contributed by atoms with van der Waals surface area (Å²) in [6.45, 7) is 0. The molecular formula is C15H15O2. The molecule has 0 atom stereocenters. The van der Waals surface area contributed by atoms with Crippen LogP contribution in [0.25, 0.3) is 0 Å². The topological polar surface area (TPSA) is 26.3 Å². The van der Waals surface area contributed by atoms with Gasteiger partial charge in [0.1, 0.15) is 11.5 Å². The Morgan fingerprint density at radius 3 is 2.35 bits per heavy atom. The summed E-state index contributed by atoms with van der Waals surface area (Å²) in [4.78, 5) is 11.8. The average molecular weight is 227 g/mol. The molecule has 17 heavy (non-hydrogen) atoms. The Bertz CT molecular complexity index is 361. The van der Waals surface area contributed by atoms with Crippen molar-refractivity contribution in [2.75, 3.05) is 7.11 Å². The molecule has 87 valence electrons. The number of ether oxygens (including phenoxy) is 1. The summed E-state index contributed by atoms with van der Waals surface area (Å²) in [5.74, 6) is 1.85. The van der Waals surface area contributed by atoms with Crippen molar-refractivity contribution in [2.24, 2.45) is 0 Å². The van der Waals surface area contributed by atoms with Gasteiger partial charge in [-0.05, 0) is 49.8 Å². The summed E-state index contributed by atoms with van der Waals surface area (Å²) < 4.78 is 5.09. The van der Waals surface area contributed by atoms with Crippen molar-refractivity contribution < 1.29 is 9.53 Å². The first-order chi connectivity index (χ1) is 8.29. The fraction of sp³-hybridized carbons (Fsp3) is 0.200. The predicted molar refractivity (Wildman–Crippen MR) is 66.8 cm³/mol. The molecule has 0 N–H and O–H groups in total. The summed E-state index contributed by atoms with van der Waals surface area (Å²) in [5.41, 5.74) is 1.16. The Labute approximate surface area is 103 Å². The van der Waals surface area contributed by atoms with Crippen LogP contribution in [0.5, 0.6) is 5.75 Å². The van der Waals surface area contributed by atoms with E-state index in [9.17, 15) is 4.79 Å². The molecule has 1 saturated carbocycles. The van der Waals surface area contributed by atoms with E-state index in [-0.39, 0.29) is 5.78 Å². The summed E-state index contributed by atoms with van der Waals surface area (Å²) >= 11 is 0. The SMILES string of the molecule is COc1ccc(CCC(=O)[C]2[CH][CH][CH][CH]2)cc1. The maximum absolute atomic E-state index is 11.8. The van der Waals surface area contributed by atoms with Gasteiger partial charge < -0.3 is 4.74 Å². The van der Waals surface area contributed by atoms with Crippen LogP contribution < -0.4 is 4.74 Å². The van der Waals surface area contributed by atoms with Crippen LogP contribution in [-0.2, 0) is 11.2 Å². The van der Waals surface area contributed by atoms with Crippen LogP contribution in [0.2, 0.25) is 0 Å². The largest absolute Gasteiger partial charge is 0.497 e. The van der Waals surface area contributed by atoms with Crippen LogP contribution in [0.4, 0.5) is 0 Å². The van der Waals surface area contributed by atoms with E-state index in [0.717, 1.165) is 23.7 Å². The Hall–Kier alpha value is -1.31. The van der Waals surface area contributed by atoms with Gasteiger partial charge in [0, 0.05) is 12.3 Å². The van der Waals surface area contributed by atoms with Crippen LogP contribution in [0.1, 0.15) is 12.0 Å². The van der Waals surface area contributed by atoms with Crippen molar-refractivity contribution >= 4 is 5.78 Å². The second-order valence-electron chi connectivity index (χ2n) is 3.94. The zero-order valence-corrected chi connectivity index (χ0v) is 9.85. The summed E-state index contributed by atoms with van der Waals surface area (Å²) in [5, 5.41) is 0. The molecule has 2 nitrogen and oxygen atoms in total. The molecule has 0 aliphatic heterocycles. The molecule has 0 amide bonds. The second kappa shape index (κ2) is 5.85. The van der Waals surface area contributed by atoms with Gasteiger partial charge in [0.05, 0.1) is 7.11 Å². The minimum absolute atomic E-state index is 0.200. The van der Waals surface area contributed by atoms with Gasteiger partial charge in [-0.3, -0.25) is 4.79 Å². The van der Waals surface area contributed by atoms with Crippen LogP contribution in [0, 0.1) is 31.6 Å². The van der Waals surface area contributed by atoms with E-state index in [2.05, 4.69) is 0 Å². The van der Waals surface area contributed by atoms with Crippen molar-refractivity contribution in [2.45, 2.75) is 12.8 Å². The first kappa shape index (κ1) is 12.2. The number of ketones is 1. The van der Waals surface area contributed by atoms with E-state index < -0.39 is 0 Å². The fourth-order valence-electron chi connectivity index (χ4n) is 1.75. The lowest BCUT2D eigenvalue weighted by Gasteiger charge is -2.07. The van der Waals surface area contributed by atoms with Crippen LogP contribution in [0.15, 0.2) is 24.3 Å². The number of Topliss-reactive ketones (excluding diaryl/α,β-unsaturated/α-hetero) is 1. The smallest absolute Gasteiger partial charge is 0.140 e. The lowest BCUT2D eigenvalue weighted by atomic mass is 9.97. The molecule has 1 aromatic rings. The van der Waals surface area contributed by atoms with E-state index in [1.807, 2.05) is 49.9 Å². The molecule has 1 aromatic carbocycles. The highest BCUT2D eigenvalue weighted by molar-refractivity contribution is 5.97. The lowest BCUT2D eigenvalue weighted by molar-refractivity contribution is -0.116. The Kier molecular flexibility index (Phi) is 4.18. The number of carbonyl (C=O) groups excluding carboxylic acids is 1. The monoisotopic (exact) mass is 227 g/mol. The van der Waals surface area contributed by atoms with E-state index in [1.54, 1.807) is 7.11 Å². The third-order valence-electron chi connectivity index (χ3n) is 2.78. The summed E-state index contributed by atoms with van der Waals surface area (Å²) in [7, 11) is 1.65. The molecule has 1 aliphatic carbocycles. The van der Waals surface area contributed by atoms with Crippen molar-refractivity contribution in [3.05, 3.63) is 61.4 Å².